The second kappa shape index (κ2) is 38.1. The lowest BCUT2D eigenvalue weighted by Crippen LogP contribution is -2.29. The van der Waals surface area contributed by atoms with Gasteiger partial charge < -0.3 is 19.5 Å². The van der Waals surface area contributed by atoms with Crippen molar-refractivity contribution in [3.8, 4) is 0 Å². The minimum absolute atomic E-state index is 0.00182. The lowest BCUT2D eigenvalue weighted by atomic mass is 10.0. The van der Waals surface area contributed by atoms with Crippen LogP contribution in [0.4, 0.5) is 0 Å². The summed E-state index contributed by atoms with van der Waals surface area (Å²) in [6.07, 6.45) is 35.1. The van der Waals surface area contributed by atoms with Crippen molar-refractivity contribution < 1.29 is 24.2 Å². The lowest BCUT2D eigenvalue weighted by molar-refractivity contribution is -0.151. The van der Waals surface area contributed by atoms with E-state index >= 15 is 0 Å². The Labute approximate surface area is 305 Å². The zero-order chi connectivity index (χ0) is 36.0. The van der Waals surface area contributed by atoms with Gasteiger partial charge >= 0.3 is 11.9 Å². The van der Waals surface area contributed by atoms with Crippen LogP contribution in [0.2, 0.25) is 0 Å². The van der Waals surface area contributed by atoms with E-state index in [4.69, 9.17) is 9.47 Å². The molecular weight excluding hydrogens is 610 g/mol. The SMILES string of the molecule is CCCCCCCCC(CCC)OC(=O)CCCN(CCO)CCCCCCCC(=O)OC(CCCCCCCC)CCCCCCCC. The Hall–Kier alpha value is -1.14. The molecule has 0 aliphatic carbocycles. The predicted molar refractivity (Wildman–Crippen MR) is 209 cm³/mol. The Bertz CT molecular complexity index is 686. The summed E-state index contributed by atoms with van der Waals surface area (Å²) < 4.78 is 11.9. The van der Waals surface area contributed by atoms with E-state index in [1.165, 1.54) is 109 Å². The van der Waals surface area contributed by atoms with Crippen LogP contribution in [0.1, 0.15) is 227 Å². The monoisotopic (exact) mass is 696 g/mol. The molecule has 0 aliphatic heterocycles. The average Bonchev–Trinajstić information content (AvgIpc) is 3.08. The van der Waals surface area contributed by atoms with Gasteiger partial charge in [-0.3, -0.25) is 9.59 Å². The predicted octanol–water partition coefficient (Wildman–Crippen LogP) is 12.3. The smallest absolute Gasteiger partial charge is 0.306 e. The average molecular weight is 696 g/mol. The third-order valence-electron chi connectivity index (χ3n) is 9.97. The standard InChI is InChI=1S/C43H85NO5/c1-5-9-12-15-19-24-31-40(30-8-4)48-43(47)35-29-37-44(38-39-45)36-28-23-18-22-27-34-42(46)49-41(32-25-20-16-13-10-6-2)33-26-21-17-14-11-7-3/h40-41,45H,5-39H2,1-4H3. The molecule has 49 heavy (non-hydrogen) atoms. The molecule has 0 bridgehead atoms. The summed E-state index contributed by atoms with van der Waals surface area (Å²) in [7, 11) is 0. The maximum atomic E-state index is 12.7. The van der Waals surface area contributed by atoms with Crippen molar-refractivity contribution in [2.24, 2.45) is 0 Å². The van der Waals surface area contributed by atoms with Crippen molar-refractivity contribution in [2.45, 2.75) is 239 Å². The molecule has 0 aliphatic rings. The van der Waals surface area contributed by atoms with Gasteiger partial charge in [-0.1, -0.05) is 150 Å². The number of carbonyl (C=O) groups is 2. The van der Waals surface area contributed by atoms with Gasteiger partial charge in [-0.15, -0.1) is 0 Å². The first-order valence-corrected chi connectivity index (χ1v) is 21.7. The van der Waals surface area contributed by atoms with E-state index in [1.54, 1.807) is 0 Å². The second-order valence-electron chi connectivity index (χ2n) is 14.9. The molecule has 292 valence electrons. The third kappa shape index (κ3) is 33.7. The minimum Gasteiger partial charge on any atom is -0.462 e. The largest absolute Gasteiger partial charge is 0.462 e. The number of ether oxygens (including phenoxy) is 2. The number of aliphatic hydroxyl groups excluding tert-OH is 1. The van der Waals surface area contributed by atoms with Gasteiger partial charge in [-0.2, -0.15) is 0 Å². The fourth-order valence-corrected chi connectivity index (χ4v) is 6.85. The van der Waals surface area contributed by atoms with Gasteiger partial charge in [0.2, 0.25) is 0 Å². The van der Waals surface area contributed by atoms with Crippen LogP contribution >= 0.6 is 0 Å². The highest BCUT2D eigenvalue weighted by Gasteiger charge is 2.16. The van der Waals surface area contributed by atoms with Crippen molar-refractivity contribution in [2.75, 3.05) is 26.2 Å². The maximum absolute atomic E-state index is 12.7. The van der Waals surface area contributed by atoms with E-state index in [2.05, 4.69) is 32.6 Å². The Balaban J connectivity index is 4.23. The molecule has 0 spiro atoms. The molecule has 0 aromatic rings. The van der Waals surface area contributed by atoms with Crippen LogP contribution in [0.25, 0.3) is 0 Å². The summed E-state index contributed by atoms with van der Waals surface area (Å²) in [5.74, 6) is -0.0684. The Morgan fingerprint density at radius 1 is 0.429 bits per heavy atom. The zero-order valence-electron chi connectivity index (χ0n) is 33.4. The number of hydrogen-bond donors (Lipinski definition) is 1. The quantitative estimate of drug-likeness (QED) is 0.0509. The van der Waals surface area contributed by atoms with E-state index in [-0.39, 0.29) is 30.8 Å². The van der Waals surface area contributed by atoms with Gasteiger partial charge in [0.25, 0.3) is 0 Å². The summed E-state index contributed by atoms with van der Waals surface area (Å²) in [6.45, 7) is 11.5. The van der Waals surface area contributed by atoms with Crippen molar-refractivity contribution in [3.63, 3.8) is 0 Å². The molecule has 1 atom stereocenters. The van der Waals surface area contributed by atoms with Gasteiger partial charge in [0, 0.05) is 19.4 Å². The van der Waals surface area contributed by atoms with Crippen LogP contribution in [0.3, 0.4) is 0 Å². The van der Waals surface area contributed by atoms with Crippen LogP contribution < -0.4 is 0 Å². The third-order valence-corrected chi connectivity index (χ3v) is 9.97. The van der Waals surface area contributed by atoms with E-state index in [0.29, 0.717) is 19.4 Å². The van der Waals surface area contributed by atoms with Crippen molar-refractivity contribution in [1.82, 2.24) is 4.90 Å². The number of rotatable bonds is 39. The van der Waals surface area contributed by atoms with Gasteiger partial charge in [0.05, 0.1) is 6.61 Å². The van der Waals surface area contributed by atoms with Crippen molar-refractivity contribution >= 4 is 11.9 Å². The normalized spacial score (nSPS) is 12.2. The molecule has 0 radical (unpaired) electrons. The number of aliphatic hydroxyl groups is 1. The van der Waals surface area contributed by atoms with Crippen molar-refractivity contribution in [3.05, 3.63) is 0 Å². The molecule has 1 N–H and O–H groups in total. The highest BCUT2D eigenvalue weighted by atomic mass is 16.5. The van der Waals surface area contributed by atoms with Crippen LogP contribution in [0, 0.1) is 0 Å². The number of nitrogens with zero attached hydrogens (tertiary/aromatic N) is 1. The van der Waals surface area contributed by atoms with Crippen molar-refractivity contribution in [1.29, 1.82) is 0 Å². The van der Waals surface area contributed by atoms with E-state index in [1.807, 2.05) is 0 Å². The molecule has 0 amide bonds. The van der Waals surface area contributed by atoms with Gasteiger partial charge in [-0.25, -0.2) is 0 Å². The molecule has 0 heterocycles. The number of unbranched alkanes of at least 4 members (excludes halogenated alkanes) is 19. The first-order chi connectivity index (χ1) is 24.0. The topological polar surface area (TPSA) is 76.1 Å². The number of carbonyl (C=O) groups excluding carboxylic acids is 2. The summed E-state index contributed by atoms with van der Waals surface area (Å²) in [5, 5.41) is 9.57. The lowest BCUT2D eigenvalue weighted by Gasteiger charge is -2.22. The maximum Gasteiger partial charge on any atom is 0.306 e. The molecule has 0 saturated heterocycles. The molecule has 6 nitrogen and oxygen atoms in total. The van der Waals surface area contributed by atoms with E-state index < -0.39 is 0 Å². The Morgan fingerprint density at radius 2 is 0.796 bits per heavy atom. The first-order valence-electron chi connectivity index (χ1n) is 21.7. The fourth-order valence-electron chi connectivity index (χ4n) is 6.85. The molecule has 0 rings (SSSR count). The van der Waals surface area contributed by atoms with Gasteiger partial charge in [0.1, 0.15) is 12.2 Å². The number of hydrogen-bond acceptors (Lipinski definition) is 6. The highest BCUT2D eigenvalue weighted by Crippen LogP contribution is 2.19. The molecule has 1 unspecified atom stereocenters. The summed E-state index contributed by atoms with van der Waals surface area (Å²) >= 11 is 0. The van der Waals surface area contributed by atoms with Crippen LogP contribution in [0.15, 0.2) is 0 Å². The minimum atomic E-state index is -0.0666. The van der Waals surface area contributed by atoms with E-state index in [9.17, 15) is 14.7 Å². The Kier molecular flexibility index (Phi) is 37.2. The van der Waals surface area contributed by atoms with E-state index in [0.717, 1.165) is 90.1 Å². The van der Waals surface area contributed by atoms with Crippen LogP contribution in [-0.2, 0) is 19.1 Å². The van der Waals surface area contributed by atoms with Crippen LogP contribution in [-0.4, -0.2) is 60.4 Å². The van der Waals surface area contributed by atoms with Gasteiger partial charge in [-0.05, 0) is 77.3 Å². The van der Waals surface area contributed by atoms with Crippen LogP contribution in [0.5, 0.6) is 0 Å². The van der Waals surface area contributed by atoms with Gasteiger partial charge in [0.15, 0.2) is 0 Å². The number of esters is 2. The second-order valence-corrected chi connectivity index (χ2v) is 14.9. The summed E-state index contributed by atoms with van der Waals surface area (Å²) in [6, 6.07) is 0. The zero-order valence-corrected chi connectivity index (χ0v) is 33.4. The molecule has 0 fully saturated rings. The molecule has 0 aromatic carbocycles. The summed E-state index contributed by atoms with van der Waals surface area (Å²) in [4.78, 5) is 27.5. The first kappa shape index (κ1) is 47.9. The fraction of sp³-hybridized carbons (Fsp3) is 0.953. The summed E-state index contributed by atoms with van der Waals surface area (Å²) in [5.41, 5.74) is 0. The molecule has 6 heteroatoms. The molecular formula is C43H85NO5. The Morgan fingerprint density at radius 3 is 1.24 bits per heavy atom. The molecule has 0 saturated carbocycles. The highest BCUT2D eigenvalue weighted by molar-refractivity contribution is 5.69. The molecule has 0 aromatic heterocycles.